The minimum absolute atomic E-state index is 0.0197. The van der Waals surface area contributed by atoms with E-state index in [1.165, 1.54) is 32.1 Å². The normalized spacial score (nSPS) is 18.3. The lowest BCUT2D eigenvalue weighted by atomic mass is 9.87. The average molecular weight is 209 g/mol. The largest absolute Gasteiger partial charge is 0.388 e. The van der Waals surface area contributed by atoms with Gasteiger partial charge in [0.15, 0.2) is 5.82 Å². The third-order valence-corrected chi connectivity index (χ3v) is 3.39. The Morgan fingerprint density at radius 2 is 1.87 bits per heavy atom. The van der Waals surface area contributed by atoms with Gasteiger partial charge in [-0.15, -0.1) is 10.2 Å². The molecule has 84 valence electrons. The molecule has 2 rings (SSSR count). The molecule has 0 bridgehead atoms. The van der Waals surface area contributed by atoms with Crippen LogP contribution in [0.5, 0.6) is 0 Å². The van der Waals surface area contributed by atoms with Crippen LogP contribution in [0.1, 0.15) is 43.8 Å². The second-order valence-electron chi connectivity index (χ2n) is 4.46. The predicted octanol–water partition coefficient (Wildman–Crippen LogP) is 1.43. The van der Waals surface area contributed by atoms with E-state index in [2.05, 4.69) is 10.2 Å². The lowest BCUT2D eigenvalue weighted by Crippen LogP contribution is -2.13. The van der Waals surface area contributed by atoms with E-state index in [1.54, 1.807) is 0 Å². The molecule has 0 amide bonds. The summed E-state index contributed by atoms with van der Waals surface area (Å²) in [5.41, 5.74) is 0. The van der Waals surface area contributed by atoms with Gasteiger partial charge in [0.2, 0.25) is 0 Å². The molecule has 1 aromatic heterocycles. The van der Waals surface area contributed by atoms with Crippen molar-refractivity contribution < 1.29 is 5.11 Å². The first-order valence-electron chi connectivity index (χ1n) is 5.79. The Morgan fingerprint density at radius 3 is 2.47 bits per heavy atom. The van der Waals surface area contributed by atoms with Crippen LogP contribution < -0.4 is 0 Å². The van der Waals surface area contributed by atoms with Gasteiger partial charge in [0.05, 0.1) is 0 Å². The van der Waals surface area contributed by atoms with Crippen LogP contribution in [-0.2, 0) is 20.1 Å². The van der Waals surface area contributed by atoms with Crippen molar-refractivity contribution in [1.82, 2.24) is 14.8 Å². The zero-order valence-electron chi connectivity index (χ0n) is 9.32. The highest BCUT2D eigenvalue weighted by Crippen LogP contribution is 2.26. The fourth-order valence-corrected chi connectivity index (χ4v) is 2.36. The van der Waals surface area contributed by atoms with Crippen molar-refractivity contribution >= 4 is 0 Å². The molecule has 0 unspecified atom stereocenters. The minimum Gasteiger partial charge on any atom is -0.388 e. The Balaban J connectivity index is 2.00. The van der Waals surface area contributed by atoms with E-state index in [9.17, 15) is 0 Å². The minimum atomic E-state index is -0.0197. The summed E-state index contributed by atoms with van der Waals surface area (Å²) < 4.78 is 1.93. The van der Waals surface area contributed by atoms with Crippen molar-refractivity contribution in [2.45, 2.75) is 45.1 Å². The van der Waals surface area contributed by atoms with Gasteiger partial charge in [0.1, 0.15) is 12.4 Å². The molecule has 4 nitrogen and oxygen atoms in total. The van der Waals surface area contributed by atoms with E-state index in [-0.39, 0.29) is 6.61 Å². The molecule has 1 N–H and O–H groups in total. The van der Waals surface area contributed by atoms with Crippen LogP contribution in [0, 0.1) is 5.92 Å². The Bertz CT molecular complexity index is 316. The van der Waals surface area contributed by atoms with Crippen LogP contribution in [0.3, 0.4) is 0 Å². The number of aliphatic hydroxyl groups is 1. The highest BCUT2D eigenvalue weighted by atomic mass is 16.3. The molecule has 1 aliphatic rings. The van der Waals surface area contributed by atoms with Gasteiger partial charge in [-0.25, -0.2) is 0 Å². The van der Waals surface area contributed by atoms with E-state index >= 15 is 0 Å². The summed E-state index contributed by atoms with van der Waals surface area (Å²) in [6.45, 7) is -0.0197. The SMILES string of the molecule is Cn1c(CO)nnc1CC1CCCCC1. The molecule has 1 aromatic rings. The van der Waals surface area contributed by atoms with E-state index < -0.39 is 0 Å². The molecule has 1 aliphatic carbocycles. The summed E-state index contributed by atoms with van der Waals surface area (Å²) in [5, 5.41) is 17.1. The van der Waals surface area contributed by atoms with Crippen LogP contribution >= 0.6 is 0 Å². The average Bonchev–Trinajstić information content (AvgIpc) is 2.62. The first-order chi connectivity index (χ1) is 7.31. The lowest BCUT2D eigenvalue weighted by Gasteiger charge is -2.20. The Hall–Kier alpha value is -0.900. The van der Waals surface area contributed by atoms with Crippen LogP contribution in [0.2, 0.25) is 0 Å². The topological polar surface area (TPSA) is 50.9 Å². The molecule has 0 aliphatic heterocycles. The summed E-state index contributed by atoms with van der Waals surface area (Å²) in [6.07, 6.45) is 7.76. The van der Waals surface area contributed by atoms with Crippen molar-refractivity contribution in [3.8, 4) is 0 Å². The Morgan fingerprint density at radius 1 is 1.20 bits per heavy atom. The predicted molar refractivity (Wildman–Crippen MR) is 57.2 cm³/mol. The van der Waals surface area contributed by atoms with Gasteiger partial charge >= 0.3 is 0 Å². The van der Waals surface area contributed by atoms with Gasteiger partial charge < -0.3 is 9.67 Å². The summed E-state index contributed by atoms with van der Waals surface area (Å²) in [4.78, 5) is 0. The maximum Gasteiger partial charge on any atom is 0.158 e. The summed E-state index contributed by atoms with van der Waals surface area (Å²) in [5.74, 6) is 2.46. The second kappa shape index (κ2) is 4.75. The van der Waals surface area contributed by atoms with Crippen molar-refractivity contribution in [3.63, 3.8) is 0 Å². The maximum atomic E-state index is 9.01. The number of hydrogen-bond acceptors (Lipinski definition) is 3. The van der Waals surface area contributed by atoms with Crippen LogP contribution in [-0.4, -0.2) is 19.9 Å². The maximum absolute atomic E-state index is 9.01. The highest BCUT2D eigenvalue weighted by Gasteiger charge is 2.17. The molecule has 0 atom stereocenters. The highest BCUT2D eigenvalue weighted by molar-refractivity contribution is 4.95. The molecule has 0 spiro atoms. The molecule has 1 saturated carbocycles. The van der Waals surface area contributed by atoms with Crippen LogP contribution in [0.4, 0.5) is 0 Å². The number of aliphatic hydroxyl groups excluding tert-OH is 1. The van der Waals surface area contributed by atoms with E-state index in [1.807, 2.05) is 11.6 Å². The Kier molecular flexibility index (Phi) is 3.36. The summed E-state index contributed by atoms with van der Waals surface area (Å²) in [6, 6.07) is 0. The molecule has 4 heteroatoms. The summed E-state index contributed by atoms with van der Waals surface area (Å²) in [7, 11) is 1.93. The fraction of sp³-hybridized carbons (Fsp3) is 0.818. The third-order valence-electron chi connectivity index (χ3n) is 3.39. The second-order valence-corrected chi connectivity index (χ2v) is 4.46. The van der Waals surface area contributed by atoms with Gasteiger partial charge in [-0.05, 0) is 5.92 Å². The summed E-state index contributed by atoms with van der Waals surface area (Å²) >= 11 is 0. The van der Waals surface area contributed by atoms with E-state index in [0.717, 1.165) is 18.2 Å². The quantitative estimate of drug-likeness (QED) is 0.819. The first kappa shape index (κ1) is 10.6. The molecular formula is C11H19N3O. The molecule has 1 fully saturated rings. The molecule has 0 radical (unpaired) electrons. The molecule has 15 heavy (non-hydrogen) atoms. The number of hydrogen-bond donors (Lipinski definition) is 1. The smallest absolute Gasteiger partial charge is 0.158 e. The van der Waals surface area contributed by atoms with Crippen molar-refractivity contribution in [1.29, 1.82) is 0 Å². The molecule has 1 heterocycles. The van der Waals surface area contributed by atoms with Gasteiger partial charge in [-0.2, -0.15) is 0 Å². The number of aromatic nitrogens is 3. The van der Waals surface area contributed by atoms with Gasteiger partial charge in [0, 0.05) is 13.5 Å². The van der Waals surface area contributed by atoms with Gasteiger partial charge in [-0.3, -0.25) is 0 Å². The molecular weight excluding hydrogens is 190 g/mol. The van der Waals surface area contributed by atoms with Crippen molar-refractivity contribution in [2.24, 2.45) is 13.0 Å². The van der Waals surface area contributed by atoms with Gasteiger partial charge in [-0.1, -0.05) is 32.1 Å². The Labute approximate surface area is 90.3 Å². The van der Waals surface area contributed by atoms with Gasteiger partial charge in [0.25, 0.3) is 0 Å². The zero-order valence-corrected chi connectivity index (χ0v) is 9.32. The lowest BCUT2D eigenvalue weighted by molar-refractivity contribution is 0.266. The monoisotopic (exact) mass is 209 g/mol. The van der Waals surface area contributed by atoms with E-state index in [4.69, 9.17) is 5.11 Å². The van der Waals surface area contributed by atoms with Crippen LogP contribution in [0.25, 0.3) is 0 Å². The van der Waals surface area contributed by atoms with Crippen molar-refractivity contribution in [2.75, 3.05) is 0 Å². The van der Waals surface area contributed by atoms with E-state index in [0.29, 0.717) is 5.82 Å². The van der Waals surface area contributed by atoms with Crippen LogP contribution in [0.15, 0.2) is 0 Å². The zero-order chi connectivity index (χ0) is 10.7. The third kappa shape index (κ3) is 2.37. The molecule has 0 saturated heterocycles. The fourth-order valence-electron chi connectivity index (χ4n) is 2.36. The number of rotatable bonds is 3. The van der Waals surface area contributed by atoms with Crippen molar-refractivity contribution in [3.05, 3.63) is 11.6 Å². The molecule has 0 aromatic carbocycles. The first-order valence-corrected chi connectivity index (χ1v) is 5.79. The number of nitrogens with zero attached hydrogens (tertiary/aromatic N) is 3. The standard InChI is InChI=1S/C11H19N3O/c1-14-10(12-13-11(14)8-15)7-9-5-3-2-4-6-9/h9,15H,2-8H2,1H3.